The molecule has 0 fully saturated rings. The van der Waals surface area contributed by atoms with Crippen LogP contribution in [0.2, 0.25) is 0 Å². The number of carbonyl (C=O) groups excluding carboxylic acids is 2. The Morgan fingerprint density at radius 3 is 2.68 bits per heavy atom. The molecule has 0 saturated carbocycles. The average molecular weight is 361 g/mol. The molecule has 6 heteroatoms. The van der Waals surface area contributed by atoms with Crippen LogP contribution in [0.15, 0.2) is 30.3 Å². The highest BCUT2D eigenvalue weighted by atomic mass is 32.1. The van der Waals surface area contributed by atoms with Crippen molar-refractivity contribution >= 4 is 23.2 Å². The summed E-state index contributed by atoms with van der Waals surface area (Å²) in [5, 5.41) is 2.66. The van der Waals surface area contributed by atoms with Crippen LogP contribution in [0.4, 0.5) is 0 Å². The molecule has 0 bridgehead atoms. The molecule has 25 heavy (non-hydrogen) atoms. The fraction of sp³-hybridized carbons (Fsp3) is 0.368. The number of ether oxygens (including phenoxy) is 2. The molecule has 1 amide bonds. The van der Waals surface area contributed by atoms with Crippen LogP contribution in [0.3, 0.4) is 0 Å². The summed E-state index contributed by atoms with van der Waals surface area (Å²) in [6.07, 6.45) is 0.872. The zero-order chi connectivity index (χ0) is 18.2. The van der Waals surface area contributed by atoms with E-state index < -0.39 is 5.97 Å². The van der Waals surface area contributed by atoms with Crippen molar-refractivity contribution < 1.29 is 19.1 Å². The first-order chi connectivity index (χ1) is 12.0. The Bertz CT molecular complexity index is 739. The van der Waals surface area contributed by atoms with Gasteiger partial charge in [0.05, 0.1) is 6.54 Å². The number of rotatable bonds is 8. The van der Waals surface area contributed by atoms with Crippen LogP contribution in [0.5, 0.6) is 5.75 Å². The number of benzene rings is 1. The van der Waals surface area contributed by atoms with Gasteiger partial charge in [0, 0.05) is 4.88 Å². The smallest absolute Gasteiger partial charge is 0.348 e. The number of aryl methyl sites for hydroxylation is 3. The van der Waals surface area contributed by atoms with E-state index in [-0.39, 0.29) is 12.5 Å². The molecule has 134 valence electrons. The number of carbonyl (C=O) groups is 2. The van der Waals surface area contributed by atoms with Crippen LogP contribution in [0, 0.1) is 13.8 Å². The zero-order valence-corrected chi connectivity index (χ0v) is 15.6. The SMILES string of the molecule is CCc1cc(C(=O)OCC(=O)NCCOc2cccc(C)c2)sc1C. The summed E-state index contributed by atoms with van der Waals surface area (Å²) in [4.78, 5) is 25.3. The highest BCUT2D eigenvalue weighted by Crippen LogP contribution is 2.22. The van der Waals surface area contributed by atoms with Gasteiger partial charge in [-0.3, -0.25) is 4.79 Å². The second kappa shape index (κ2) is 9.22. The van der Waals surface area contributed by atoms with E-state index >= 15 is 0 Å². The zero-order valence-electron chi connectivity index (χ0n) is 14.8. The molecule has 0 saturated heterocycles. The van der Waals surface area contributed by atoms with Crippen LogP contribution in [-0.2, 0) is 16.0 Å². The highest BCUT2D eigenvalue weighted by molar-refractivity contribution is 7.14. The molecular weight excluding hydrogens is 338 g/mol. The molecule has 0 spiro atoms. The minimum atomic E-state index is -0.459. The maximum atomic E-state index is 12.0. The standard InChI is InChI=1S/C19H23NO4S/c1-4-15-11-17(25-14(15)3)19(22)24-12-18(21)20-8-9-23-16-7-5-6-13(2)10-16/h5-7,10-11H,4,8-9,12H2,1-3H3,(H,20,21). The lowest BCUT2D eigenvalue weighted by Crippen LogP contribution is -2.32. The lowest BCUT2D eigenvalue weighted by Gasteiger charge is -2.08. The van der Waals surface area contributed by atoms with E-state index in [0.717, 1.165) is 28.2 Å². The molecular formula is C19H23NO4S. The van der Waals surface area contributed by atoms with Gasteiger partial charge >= 0.3 is 5.97 Å². The topological polar surface area (TPSA) is 64.6 Å². The first-order valence-electron chi connectivity index (χ1n) is 8.22. The Labute approximate surface area is 152 Å². The number of amides is 1. The number of hydrogen-bond donors (Lipinski definition) is 1. The minimum Gasteiger partial charge on any atom is -0.492 e. The summed E-state index contributed by atoms with van der Waals surface area (Å²) >= 11 is 1.39. The van der Waals surface area contributed by atoms with Gasteiger partial charge < -0.3 is 14.8 Å². The summed E-state index contributed by atoms with van der Waals surface area (Å²) in [6.45, 7) is 6.41. The van der Waals surface area contributed by atoms with Crippen LogP contribution >= 0.6 is 11.3 Å². The molecule has 0 atom stereocenters. The molecule has 2 rings (SSSR count). The number of nitrogens with one attached hydrogen (secondary N) is 1. The normalized spacial score (nSPS) is 10.4. The van der Waals surface area contributed by atoms with E-state index in [9.17, 15) is 9.59 Å². The van der Waals surface area contributed by atoms with E-state index in [1.807, 2.05) is 51.1 Å². The maximum absolute atomic E-state index is 12.0. The van der Waals surface area contributed by atoms with E-state index in [4.69, 9.17) is 9.47 Å². The van der Waals surface area contributed by atoms with Gasteiger partial charge in [-0.25, -0.2) is 4.79 Å². The van der Waals surface area contributed by atoms with Gasteiger partial charge in [0.15, 0.2) is 6.61 Å². The first kappa shape index (κ1) is 19.0. The Hall–Kier alpha value is -2.34. The second-order valence-corrected chi connectivity index (χ2v) is 6.89. The molecule has 0 aliphatic carbocycles. The van der Waals surface area contributed by atoms with Gasteiger partial charge in [0.25, 0.3) is 5.91 Å². The number of hydrogen-bond acceptors (Lipinski definition) is 5. The van der Waals surface area contributed by atoms with Gasteiger partial charge in [-0.2, -0.15) is 0 Å². The van der Waals surface area contributed by atoms with Crippen molar-refractivity contribution in [3.05, 3.63) is 51.2 Å². The van der Waals surface area contributed by atoms with Crippen LogP contribution in [0.25, 0.3) is 0 Å². The fourth-order valence-corrected chi connectivity index (χ4v) is 3.30. The molecule has 1 aromatic carbocycles. The first-order valence-corrected chi connectivity index (χ1v) is 9.04. The van der Waals surface area contributed by atoms with Crippen molar-refractivity contribution in [1.29, 1.82) is 0 Å². The van der Waals surface area contributed by atoms with Gasteiger partial charge in [-0.1, -0.05) is 19.1 Å². The predicted octanol–water partition coefficient (Wildman–Crippen LogP) is 3.28. The van der Waals surface area contributed by atoms with E-state index in [1.165, 1.54) is 11.3 Å². The van der Waals surface area contributed by atoms with E-state index in [0.29, 0.717) is 18.0 Å². The Kier molecular flexibility index (Phi) is 7.01. The van der Waals surface area contributed by atoms with Gasteiger partial charge in [-0.15, -0.1) is 11.3 Å². The predicted molar refractivity (Wildman–Crippen MR) is 98.4 cm³/mol. The van der Waals surface area contributed by atoms with Crippen LogP contribution < -0.4 is 10.1 Å². The van der Waals surface area contributed by atoms with Crippen LogP contribution in [-0.4, -0.2) is 31.6 Å². The fourth-order valence-electron chi connectivity index (χ4n) is 2.29. The van der Waals surface area contributed by atoms with Crippen molar-refractivity contribution in [3.8, 4) is 5.75 Å². The Balaban J connectivity index is 1.67. The second-order valence-electron chi connectivity index (χ2n) is 5.64. The molecule has 5 nitrogen and oxygen atoms in total. The van der Waals surface area contributed by atoms with Crippen molar-refractivity contribution in [3.63, 3.8) is 0 Å². The molecule has 1 aromatic heterocycles. The molecule has 0 radical (unpaired) electrons. The average Bonchev–Trinajstić information content (AvgIpc) is 2.97. The molecule has 0 unspecified atom stereocenters. The monoisotopic (exact) mass is 361 g/mol. The lowest BCUT2D eigenvalue weighted by molar-refractivity contribution is -0.124. The molecule has 0 aliphatic rings. The molecule has 2 aromatic rings. The molecule has 1 N–H and O–H groups in total. The largest absolute Gasteiger partial charge is 0.492 e. The van der Waals surface area contributed by atoms with E-state index in [2.05, 4.69) is 5.32 Å². The van der Waals surface area contributed by atoms with Gasteiger partial charge in [-0.05, 0) is 49.6 Å². The quantitative estimate of drug-likeness (QED) is 0.579. The van der Waals surface area contributed by atoms with Gasteiger partial charge in [0.1, 0.15) is 17.2 Å². The number of thiophene rings is 1. The van der Waals surface area contributed by atoms with Gasteiger partial charge in [0.2, 0.25) is 0 Å². The lowest BCUT2D eigenvalue weighted by atomic mass is 10.2. The van der Waals surface area contributed by atoms with Crippen molar-refractivity contribution in [2.45, 2.75) is 27.2 Å². The third-order valence-corrected chi connectivity index (χ3v) is 4.69. The Morgan fingerprint density at radius 1 is 1.20 bits per heavy atom. The number of esters is 1. The molecule has 1 heterocycles. The maximum Gasteiger partial charge on any atom is 0.348 e. The third kappa shape index (κ3) is 5.90. The summed E-state index contributed by atoms with van der Waals surface area (Å²) < 4.78 is 10.6. The van der Waals surface area contributed by atoms with Crippen molar-refractivity contribution in [1.82, 2.24) is 5.32 Å². The Morgan fingerprint density at radius 2 is 2.00 bits per heavy atom. The summed E-state index contributed by atoms with van der Waals surface area (Å²) in [5.41, 5.74) is 2.25. The summed E-state index contributed by atoms with van der Waals surface area (Å²) in [5.74, 6) is -0.0374. The minimum absolute atomic E-state index is 0.290. The van der Waals surface area contributed by atoms with Crippen LogP contribution in [0.1, 0.15) is 32.6 Å². The summed E-state index contributed by atoms with van der Waals surface area (Å²) in [6, 6.07) is 9.53. The third-order valence-electron chi connectivity index (χ3n) is 3.62. The van der Waals surface area contributed by atoms with E-state index in [1.54, 1.807) is 0 Å². The summed E-state index contributed by atoms with van der Waals surface area (Å²) in [7, 11) is 0. The van der Waals surface area contributed by atoms with Crippen molar-refractivity contribution in [2.75, 3.05) is 19.8 Å². The molecule has 0 aliphatic heterocycles. The van der Waals surface area contributed by atoms with Crippen molar-refractivity contribution in [2.24, 2.45) is 0 Å². The highest BCUT2D eigenvalue weighted by Gasteiger charge is 2.14.